The van der Waals surface area contributed by atoms with Gasteiger partial charge in [-0.05, 0) is 54.8 Å². The van der Waals surface area contributed by atoms with Crippen LogP contribution in [0.15, 0.2) is 58.5 Å². The highest BCUT2D eigenvalue weighted by Crippen LogP contribution is 2.30. The molecule has 4 heterocycles. The minimum Gasteiger partial charge on any atom is -0.372 e. The highest BCUT2D eigenvalue weighted by atomic mass is 16.6. The van der Waals surface area contributed by atoms with Gasteiger partial charge in [0.2, 0.25) is 5.96 Å². The third kappa shape index (κ3) is 6.19. The lowest BCUT2D eigenvalue weighted by Gasteiger charge is -2.37. The fourth-order valence-corrected chi connectivity index (χ4v) is 6.33. The number of nitrogens with zero attached hydrogens (tertiary/aromatic N) is 5. The fraction of sp³-hybridized carbons (Fsp3) is 0.500. The topological polar surface area (TPSA) is 115 Å². The molecule has 0 saturated carbocycles. The molecule has 10 heteroatoms. The number of benzene rings is 2. The highest BCUT2D eigenvalue weighted by Gasteiger charge is 2.40. The third-order valence-electron chi connectivity index (χ3n) is 8.69. The number of piperidine rings is 1. The van der Waals surface area contributed by atoms with Gasteiger partial charge in [0.1, 0.15) is 6.54 Å². The second-order valence-corrected chi connectivity index (χ2v) is 12.1. The van der Waals surface area contributed by atoms with E-state index < -0.39 is 0 Å². The van der Waals surface area contributed by atoms with Crippen LogP contribution in [-0.4, -0.2) is 93.2 Å². The number of anilines is 2. The van der Waals surface area contributed by atoms with Gasteiger partial charge in [0.15, 0.2) is 0 Å². The Balaban J connectivity index is 1.05. The molecule has 42 heavy (non-hydrogen) atoms. The number of nitriles is 1. The van der Waals surface area contributed by atoms with Gasteiger partial charge >= 0.3 is 0 Å². The van der Waals surface area contributed by atoms with Crippen LogP contribution in [0.25, 0.3) is 0 Å². The van der Waals surface area contributed by atoms with Crippen molar-refractivity contribution < 1.29 is 14.3 Å². The van der Waals surface area contributed by atoms with E-state index in [1.807, 2.05) is 18.2 Å². The van der Waals surface area contributed by atoms with Gasteiger partial charge in [-0.1, -0.05) is 26.0 Å². The molecule has 2 N–H and O–H groups in total. The number of hydrogen-bond donors (Lipinski definition) is 2. The standard InChI is InChI=1S/C32H39N7O3/c1-32(2)21-35-31(37-29(32)22-3-5-23(6-4-22)30(40)34-14-13-33)36-24-7-9-25(10-8-24)38-15-11-26(12-16-38)39-19-27-28(20-39)42-18-17-41-27/h3-10,26-28H,11-12,14-21H2,1-2H3,(H,34,40)(H,35,36). The van der Waals surface area contributed by atoms with Crippen LogP contribution >= 0.6 is 0 Å². The predicted molar refractivity (Wildman–Crippen MR) is 163 cm³/mol. The number of ether oxygens (including phenoxy) is 2. The number of hydrogen-bond acceptors (Lipinski definition) is 9. The largest absolute Gasteiger partial charge is 0.372 e. The normalized spacial score (nSPS) is 24.3. The molecule has 2 aromatic carbocycles. The van der Waals surface area contributed by atoms with Crippen LogP contribution in [0.4, 0.5) is 11.4 Å². The number of guanidine groups is 1. The van der Waals surface area contributed by atoms with E-state index in [1.54, 1.807) is 12.1 Å². The summed E-state index contributed by atoms with van der Waals surface area (Å²) in [5.74, 6) is 0.312. The van der Waals surface area contributed by atoms with Crippen LogP contribution in [0.3, 0.4) is 0 Å². The molecule has 4 aliphatic rings. The highest BCUT2D eigenvalue weighted by molar-refractivity contribution is 6.14. The minimum absolute atomic E-state index is 0.0168. The van der Waals surface area contributed by atoms with Crippen LogP contribution in [0.2, 0.25) is 0 Å². The number of amides is 1. The van der Waals surface area contributed by atoms with Gasteiger partial charge in [-0.15, -0.1) is 0 Å². The summed E-state index contributed by atoms with van der Waals surface area (Å²) in [5, 5.41) is 14.7. The lowest BCUT2D eigenvalue weighted by molar-refractivity contribution is -0.116. The van der Waals surface area contributed by atoms with Gasteiger partial charge in [0.25, 0.3) is 5.91 Å². The van der Waals surface area contributed by atoms with Gasteiger partial charge in [0, 0.05) is 54.6 Å². The Morgan fingerprint density at radius 2 is 1.69 bits per heavy atom. The van der Waals surface area contributed by atoms with E-state index >= 15 is 0 Å². The molecule has 4 aliphatic heterocycles. The van der Waals surface area contributed by atoms with Gasteiger partial charge < -0.3 is 25.0 Å². The first kappa shape index (κ1) is 28.3. The number of aliphatic imine (C=N–C) groups is 2. The molecule has 1 amide bonds. The predicted octanol–water partition coefficient (Wildman–Crippen LogP) is 3.31. The third-order valence-corrected chi connectivity index (χ3v) is 8.69. The van der Waals surface area contributed by atoms with E-state index in [2.05, 4.69) is 58.5 Å². The van der Waals surface area contributed by atoms with Gasteiger partial charge in [-0.25, -0.2) is 4.99 Å². The Kier molecular flexibility index (Phi) is 8.24. The summed E-state index contributed by atoms with van der Waals surface area (Å²) in [5.41, 5.74) is 4.29. The summed E-state index contributed by atoms with van der Waals surface area (Å²) in [6.07, 6.45) is 2.78. The quantitative estimate of drug-likeness (QED) is 0.513. The van der Waals surface area contributed by atoms with Crippen molar-refractivity contribution in [1.82, 2.24) is 10.2 Å². The van der Waals surface area contributed by atoms with Crippen LogP contribution in [0.5, 0.6) is 0 Å². The first-order valence-electron chi connectivity index (χ1n) is 14.9. The summed E-state index contributed by atoms with van der Waals surface area (Å²) in [4.78, 5) is 26.8. The summed E-state index contributed by atoms with van der Waals surface area (Å²) in [6, 6.07) is 18.4. The molecular formula is C32H39N7O3. The molecule has 2 aromatic rings. The summed E-state index contributed by atoms with van der Waals surface area (Å²) >= 11 is 0. The molecule has 220 valence electrons. The van der Waals surface area contributed by atoms with Crippen molar-refractivity contribution >= 4 is 29.0 Å². The molecule has 2 atom stereocenters. The number of carbonyl (C=O) groups is 1. The molecule has 6 rings (SSSR count). The zero-order chi connectivity index (χ0) is 29.1. The van der Waals surface area contributed by atoms with E-state index in [0.717, 1.165) is 69.2 Å². The lowest BCUT2D eigenvalue weighted by atomic mass is 9.82. The van der Waals surface area contributed by atoms with E-state index in [9.17, 15) is 4.79 Å². The summed E-state index contributed by atoms with van der Waals surface area (Å²) in [7, 11) is 0. The van der Waals surface area contributed by atoms with Crippen molar-refractivity contribution in [2.45, 2.75) is 44.9 Å². The molecule has 2 unspecified atom stereocenters. The van der Waals surface area contributed by atoms with Crippen LogP contribution in [0.1, 0.15) is 42.6 Å². The second-order valence-electron chi connectivity index (χ2n) is 12.1. The maximum atomic E-state index is 12.2. The van der Waals surface area contributed by atoms with Crippen molar-refractivity contribution in [3.05, 3.63) is 59.7 Å². The average molecular weight is 570 g/mol. The molecule has 0 aromatic heterocycles. The van der Waals surface area contributed by atoms with Gasteiger partial charge in [0.05, 0.1) is 43.7 Å². The Hall–Kier alpha value is -3.78. The van der Waals surface area contributed by atoms with Crippen molar-refractivity contribution in [2.75, 3.05) is 62.7 Å². The minimum atomic E-state index is -0.265. The Bertz CT molecular complexity index is 1360. The van der Waals surface area contributed by atoms with Crippen molar-refractivity contribution in [3.8, 4) is 6.07 Å². The van der Waals surface area contributed by atoms with E-state index in [0.29, 0.717) is 24.1 Å². The van der Waals surface area contributed by atoms with E-state index in [4.69, 9.17) is 24.7 Å². The molecule has 0 radical (unpaired) electrons. The number of fused-ring (bicyclic) bond motifs is 1. The second kappa shape index (κ2) is 12.2. The van der Waals surface area contributed by atoms with Gasteiger partial charge in [-0.2, -0.15) is 5.26 Å². The molecule has 3 fully saturated rings. The van der Waals surface area contributed by atoms with E-state index in [1.165, 1.54) is 5.69 Å². The molecule has 0 aliphatic carbocycles. The van der Waals surface area contributed by atoms with Gasteiger partial charge in [-0.3, -0.25) is 14.7 Å². The Morgan fingerprint density at radius 1 is 1.02 bits per heavy atom. The summed E-state index contributed by atoms with van der Waals surface area (Å²) in [6.45, 7) is 10.3. The molecule has 0 spiro atoms. The average Bonchev–Trinajstić information content (AvgIpc) is 3.46. The number of nitrogens with one attached hydrogen (secondary N) is 2. The number of rotatable bonds is 6. The lowest BCUT2D eigenvalue weighted by Crippen LogP contribution is -2.44. The maximum absolute atomic E-state index is 12.2. The SMILES string of the molecule is CC1(C)CN=C(Nc2ccc(N3CCC(N4CC5OCCOC5C4)CC3)cc2)N=C1c1ccc(C(=O)NCC#N)cc1. The maximum Gasteiger partial charge on any atom is 0.252 e. The molecular weight excluding hydrogens is 530 g/mol. The number of likely N-dealkylation sites (tertiary alicyclic amines) is 1. The van der Waals surface area contributed by atoms with E-state index in [-0.39, 0.29) is 30.1 Å². The molecule has 0 bridgehead atoms. The first-order valence-corrected chi connectivity index (χ1v) is 14.9. The Labute approximate surface area is 247 Å². The molecule has 10 nitrogen and oxygen atoms in total. The van der Waals surface area contributed by atoms with Crippen LogP contribution in [-0.2, 0) is 9.47 Å². The zero-order valence-corrected chi connectivity index (χ0v) is 24.4. The van der Waals surface area contributed by atoms with Crippen LogP contribution in [0, 0.1) is 16.7 Å². The first-order chi connectivity index (χ1) is 20.4. The van der Waals surface area contributed by atoms with Crippen molar-refractivity contribution in [3.63, 3.8) is 0 Å². The molecule has 3 saturated heterocycles. The Morgan fingerprint density at radius 3 is 2.33 bits per heavy atom. The smallest absolute Gasteiger partial charge is 0.252 e. The summed E-state index contributed by atoms with van der Waals surface area (Å²) < 4.78 is 11.8. The fourth-order valence-electron chi connectivity index (χ4n) is 6.33. The number of carbonyl (C=O) groups excluding carboxylic acids is 1. The monoisotopic (exact) mass is 569 g/mol. The zero-order valence-electron chi connectivity index (χ0n) is 24.4. The van der Waals surface area contributed by atoms with Crippen LogP contribution < -0.4 is 15.5 Å². The van der Waals surface area contributed by atoms with Crippen molar-refractivity contribution in [2.24, 2.45) is 15.4 Å². The van der Waals surface area contributed by atoms with Crippen molar-refractivity contribution in [1.29, 1.82) is 5.26 Å².